The van der Waals surface area contributed by atoms with Gasteiger partial charge in [-0.15, -0.1) is 0 Å². The Bertz CT molecular complexity index is 1080. The Balaban J connectivity index is 1.38. The number of benzene rings is 2. The maximum absolute atomic E-state index is 13.2. The molecule has 150 valence electrons. The second kappa shape index (κ2) is 7.18. The Labute approximate surface area is 174 Å². The van der Waals surface area contributed by atoms with E-state index in [0.29, 0.717) is 11.8 Å². The van der Waals surface area contributed by atoms with Gasteiger partial charge in [-0.1, -0.05) is 72.8 Å². The lowest BCUT2D eigenvalue weighted by Gasteiger charge is -2.39. The molecule has 0 saturated carbocycles. The Morgan fingerprint density at radius 3 is 2.47 bits per heavy atom. The first-order valence-corrected chi connectivity index (χ1v) is 9.74. The van der Waals surface area contributed by atoms with E-state index in [-0.39, 0.29) is 18.5 Å². The van der Waals surface area contributed by atoms with Crippen molar-refractivity contribution < 1.29 is 14.3 Å². The normalized spacial score (nSPS) is 22.8. The van der Waals surface area contributed by atoms with Gasteiger partial charge in [0.2, 0.25) is 0 Å². The number of ether oxygens (including phenoxy) is 1. The van der Waals surface area contributed by atoms with Crippen LogP contribution < -0.4 is 0 Å². The van der Waals surface area contributed by atoms with Crippen LogP contribution in [0.2, 0.25) is 0 Å². The van der Waals surface area contributed by atoms with E-state index in [9.17, 15) is 9.59 Å². The quantitative estimate of drug-likeness (QED) is 0.792. The van der Waals surface area contributed by atoms with Crippen LogP contribution in [0, 0.1) is 0 Å². The summed E-state index contributed by atoms with van der Waals surface area (Å²) in [5.41, 5.74) is 1.91. The minimum absolute atomic E-state index is 0.194. The predicted octanol–water partition coefficient (Wildman–Crippen LogP) is 2.99. The van der Waals surface area contributed by atoms with Crippen molar-refractivity contribution >= 4 is 29.8 Å². The SMILES string of the molecule is CN1C(=O)N(C/C=C/c2ccccc2)C(=O)C2C1N=C1OC(c3ccccc3)=CN12. The van der Waals surface area contributed by atoms with E-state index in [2.05, 4.69) is 4.99 Å². The highest BCUT2D eigenvalue weighted by Gasteiger charge is 2.53. The monoisotopic (exact) mass is 400 g/mol. The van der Waals surface area contributed by atoms with Crippen LogP contribution in [0.3, 0.4) is 0 Å². The molecule has 0 bridgehead atoms. The molecule has 0 aliphatic carbocycles. The van der Waals surface area contributed by atoms with Crippen LogP contribution in [0.1, 0.15) is 11.1 Å². The van der Waals surface area contributed by atoms with Gasteiger partial charge < -0.3 is 9.64 Å². The van der Waals surface area contributed by atoms with Crippen molar-refractivity contribution in [3.63, 3.8) is 0 Å². The van der Waals surface area contributed by atoms with Gasteiger partial charge in [0.25, 0.3) is 11.9 Å². The third-order valence-corrected chi connectivity index (χ3v) is 5.41. The largest absolute Gasteiger partial charge is 0.423 e. The number of hydrogen-bond acceptors (Lipinski definition) is 5. The summed E-state index contributed by atoms with van der Waals surface area (Å²) >= 11 is 0. The topological polar surface area (TPSA) is 65.5 Å². The first-order chi connectivity index (χ1) is 14.6. The molecular weight excluding hydrogens is 380 g/mol. The highest BCUT2D eigenvalue weighted by Crippen LogP contribution is 2.35. The first kappa shape index (κ1) is 18.2. The second-order valence-corrected chi connectivity index (χ2v) is 7.29. The Morgan fingerprint density at radius 2 is 1.73 bits per heavy atom. The van der Waals surface area contributed by atoms with Crippen molar-refractivity contribution in [3.8, 4) is 0 Å². The minimum Gasteiger partial charge on any atom is -0.423 e. The van der Waals surface area contributed by atoms with Crippen LogP contribution >= 0.6 is 0 Å². The number of likely N-dealkylation sites (N-methyl/N-ethyl adjacent to an activating group) is 1. The fourth-order valence-corrected chi connectivity index (χ4v) is 3.84. The number of urea groups is 1. The van der Waals surface area contributed by atoms with E-state index in [1.54, 1.807) is 18.1 Å². The molecule has 0 N–H and O–H groups in total. The van der Waals surface area contributed by atoms with Gasteiger partial charge >= 0.3 is 6.03 Å². The average Bonchev–Trinajstić information content (AvgIpc) is 3.34. The Morgan fingerprint density at radius 1 is 1.03 bits per heavy atom. The standard InChI is InChI=1S/C23H20N4O3/c1-25-20-19(27-15-18(30-22(27)24-20)17-12-6-3-7-13-17)21(28)26(23(25)29)14-8-11-16-9-4-2-5-10-16/h2-13,15,19-20H,14H2,1H3/b11-8+. The number of amidine groups is 1. The second-order valence-electron chi connectivity index (χ2n) is 7.29. The molecule has 3 aliphatic rings. The van der Waals surface area contributed by atoms with Gasteiger partial charge in [-0.2, -0.15) is 0 Å². The van der Waals surface area contributed by atoms with E-state index < -0.39 is 12.2 Å². The van der Waals surface area contributed by atoms with E-state index in [0.717, 1.165) is 11.1 Å². The molecule has 2 unspecified atom stereocenters. The highest BCUT2D eigenvalue weighted by atomic mass is 16.5. The average molecular weight is 400 g/mol. The number of nitrogens with zero attached hydrogens (tertiary/aromatic N) is 4. The highest BCUT2D eigenvalue weighted by molar-refractivity contribution is 6.05. The smallest absolute Gasteiger partial charge is 0.328 e. The van der Waals surface area contributed by atoms with Crippen molar-refractivity contribution in [2.45, 2.75) is 12.2 Å². The zero-order valence-corrected chi connectivity index (χ0v) is 16.4. The minimum atomic E-state index is -0.631. The van der Waals surface area contributed by atoms with Crippen molar-refractivity contribution in [1.82, 2.24) is 14.7 Å². The van der Waals surface area contributed by atoms with Gasteiger partial charge in [-0.25, -0.2) is 9.79 Å². The molecule has 3 aliphatic heterocycles. The van der Waals surface area contributed by atoms with Gasteiger partial charge in [0.1, 0.15) is 0 Å². The van der Waals surface area contributed by atoms with Crippen molar-refractivity contribution in [2.24, 2.45) is 4.99 Å². The lowest BCUT2D eigenvalue weighted by molar-refractivity contribution is -0.136. The van der Waals surface area contributed by atoms with Crippen LogP contribution in [0.5, 0.6) is 0 Å². The van der Waals surface area contributed by atoms with Crippen molar-refractivity contribution in [1.29, 1.82) is 0 Å². The summed E-state index contributed by atoms with van der Waals surface area (Å²) in [7, 11) is 1.66. The lowest BCUT2D eigenvalue weighted by Crippen LogP contribution is -2.64. The number of carbonyl (C=O) groups is 2. The fraction of sp³-hybridized carbons (Fsp3) is 0.174. The third kappa shape index (κ3) is 2.95. The van der Waals surface area contributed by atoms with Crippen molar-refractivity contribution in [3.05, 3.63) is 84.1 Å². The maximum atomic E-state index is 13.2. The number of imide groups is 1. The molecule has 1 saturated heterocycles. The lowest BCUT2D eigenvalue weighted by atomic mass is 10.1. The molecule has 7 nitrogen and oxygen atoms in total. The molecule has 3 amide bonds. The van der Waals surface area contributed by atoms with Crippen LogP contribution in [-0.2, 0) is 9.53 Å². The van der Waals surface area contributed by atoms with Gasteiger partial charge in [-0.3, -0.25) is 14.6 Å². The predicted molar refractivity (Wildman–Crippen MR) is 113 cm³/mol. The van der Waals surface area contributed by atoms with Crippen LogP contribution in [-0.4, -0.2) is 58.5 Å². The molecule has 7 heteroatoms. The number of aliphatic imine (C=N–C) groups is 1. The van der Waals surface area contributed by atoms with E-state index in [1.165, 1.54) is 9.80 Å². The van der Waals surface area contributed by atoms with Crippen LogP contribution in [0.4, 0.5) is 4.79 Å². The maximum Gasteiger partial charge on any atom is 0.328 e. The summed E-state index contributed by atoms with van der Waals surface area (Å²) in [6.45, 7) is 0.194. The van der Waals surface area contributed by atoms with Crippen LogP contribution in [0.15, 0.2) is 77.9 Å². The van der Waals surface area contributed by atoms with Gasteiger partial charge in [0.05, 0.1) is 6.20 Å². The molecule has 2 atom stereocenters. The summed E-state index contributed by atoms with van der Waals surface area (Å²) in [5, 5.41) is 0. The molecule has 2 aromatic rings. The molecule has 0 aromatic heterocycles. The number of carbonyl (C=O) groups excluding carboxylic acids is 2. The van der Waals surface area contributed by atoms with Gasteiger partial charge in [-0.05, 0) is 5.56 Å². The zero-order valence-electron chi connectivity index (χ0n) is 16.4. The molecule has 1 fully saturated rings. The summed E-state index contributed by atoms with van der Waals surface area (Å²) in [4.78, 5) is 35.0. The van der Waals surface area contributed by atoms with Gasteiger partial charge in [0, 0.05) is 19.2 Å². The molecule has 5 rings (SSSR count). The fourth-order valence-electron chi connectivity index (χ4n) is 3.84. The van der Waals surface area contributed by atoms with Crippen molar-refractivity contribution in [2.75, 3.05) is 13.6 Å². The summed E-state index contributed by atoms with van der Waals surface area (Å²) in [6.07, 6.45) is 4.92. The van der Waals surface area contributed by atoms with Crippen LogP contribution in [0.25, 0.3) is 11.8 Å². The summed E-state index contributed by atoms with van der Waals surface area (Å²) in [6, 6.07) is 18.8. The molecule has 0 spiro atoms. The third-order valence-electron chi connectivity index (χ3n) is 5.41. The number of amides is 3. The summed E-state index contributed by atoms with van der Waals surface area (Å²) < 4.78 is 5.88. The van der Waals surface area contributed by atoms with E-state index >= 15 is 0 Å². The number of fused-ring (bicyclic) bond motifs is 3. The molecular formula is C23H20N4O3. The Hall–Kier alpha value is -3.87. The Kier molecular flexibility index (Phi) is 4.35. The van der Waals surface area contributed by atoms with Gasteiger partial charge in [0.15, 0.2) is 18.0 Å². The number of rotatable bonds is 4. The molecule has 3 heterocycles. The zero-order chi connectivity index (χ0) is 20.7. The van der Waals surface area contributed by atoms with E-state index in [4.69, 9.17) is 4.74 Å². The molecule has 30 heavy (non-hydrogen) atoms. The first-order valence-electron chi connectivity index (χ1n) is 9.74. The van der Waals surface area contributed by atoms with E-state index in [1.807, 2.05) is 72.8 Å². The number of hydrogen-bond donors (Lipinski definition) is 0. The summed E-state index contributed by atoms with van der Waals surface area (Å²) in [5.74, 6) is 0.351. The molecule has 2 aromatic carbocycles. The molecule has 0 radical (unpaired) electrons.